The zero-order valence-electron chi connectivity index (χ0n) is 24.0. The Morgan fingerprint density at radius 1 is 1.10 bits per heavy atom. The lowest BCUT2D eigenvalue weighted by molar-refractivity contribution is 0.172. The van der Waals surface area contributed by atoms with Gasteiger partial charge in [0.25, 0.3) is 0 Å². The number of aryl methyl sites for hydroxylation is 1. The number of benzene rings is 2. The molecule has 3 aromatic rings. The molecule has 0 aliphatic carbocycles. The van der Waals surface area contributed by atoms with E-state index < -0.39 is 10.0 Å². The third-order valence-electron chi connectivity index (χ3n) is 7.35. The molecule has 2 N–H and O–H groups in total. The van der Waals surface area contributed by atoms with Crippen LogP contribution in [0.15, 0.2) is 43.1 Å². The average molecular weight is 580 g/mol. The van der Waals surface area contributed by atoms with E-state index in [1.54, 1.807) is 24.4 Å². The van der Waals surface area contributed by atoms with Crippen LogP contribution >= 0.6 is 0 Å². The van der Waals surface area contributed by atoms with E-state index in [4.69, 9.17) is 14.5 Å². The molecule has 0 saturated carbocycles. The van der Waals surface area contributed by atoms with Gasteiger partial charge in [0.15, 0.2) is 11.5 Å². The fourth-order valence-electron chi connectivity index (χ4n) is 4.94. The minimum absolute atomic E-state index is 0.313. The molecule has 0 spiro atoms. The molecule has 12 heteroatoms. The molecule has 3 heterocycles. The van der Waals surface area contributed by atoms with Gasteiger partial charge in [0.1, 0.15) is 24.7 Å². The van der Waals surface area contributed by atoms with Crippen LogP contribution in [0.25, 0.3) is 6.08 Å². The summed E-state index contributed by atoms with van der Waals surface area (Å²) in [6.07, 6.45) is 5.36. The van der Waals surface area contributed by atoms with Gasteiger partial charge in [0.05, 0.1) is 11.9 Å². The van der Waals surface area contributed by atoms with E-state index in [1.165, 1.54) is 22.6 Å². The highest BCUT2D eigenvalue weighted by Gasteiger charge is 2.27. The summed E-state index contributed by atoms with van der Waals surface area (Å²) in [6.45, 7) is 10.9. The number of nitrogens with one attached hydrogen (secondary N) is 2. The highest BCUT2D eigenvalue weighted by atomic mass is 32.2. The molecular weight excluding hydrogens is 542 g/mol. The lowest BCUT2D eigenvalue weighted by Crippen LogP contribution is -2.44. The van der Waals surface area contributed by atoms with Crippen LogP contribution in [0.3, 0.4) is 0 Å². The van der Waals surface area contributed by atoms with Gasteiger partial charge in [-0.3, -0.25) is 4.31 Å². The van der Waals surface area contributed by atoms with E-state index in [0.29, 0.717) is 53.4 Å². The summed E-state index contributed by atoms with van der Waals surface area (Å²) >= 11 is 0. The Hall–Kier alpha value is -4.03. The first-order valence-corrected chi connectivity index (χ1v) is 15.5. The Morgan fingerprint density at radius 2 is 1.85 bits per heavy atom. The number of sulfonamides is 1. The van der Waals surface area contributed by atoms with Gasteiger partial charge in [-0.25, -0.2) is 13.4 Å². The number of piperazine rings is 1. The van der Waals surface area contributed by atoms with Gasteiger partial charge < -0.3 is 29.9 Å². The maximum Gasteiger partial charge on any atom is 0.232 e. The highest BCUT2D eigenvalue weighted by Crippen LogP contribution is 2.46. The predicted octanol–water partition coefficient (Wildman–Crippen LogP) is 4.09. The lowest BCUT2D eigenvalue weighted by Gasteiger charge is -2.35. The Bertz CT molecular complexity index is 1540. The third kappa shape index (κ3) is 6.18. The lowest BCUT2D eigenvalue weighted by atomic mass is 10.1. The topological polar surface area (TPSA) is 112 Å². The van der Waals surface area contributed by atoms with E-state index in [0.717, 1.165) is 44.5 Å². The summed E-state index contributed by atoms with van der Waals surface area (Å²) in [5.41, 5.74) is 4.87. The van der Waals surface area contributed by atoms with E-state index in [2.05, 4.69) is 58.1 Å². The number of nitrogens with zero attached hydrogens (tertiary/aromatic N) is 5. The normalized spacial score (nSPS) is 15.4. The molecular formula is C29H37N7O4S. The zero-order chi connectivity index (χ0) is 29.1. The highest BCUT2D eigenvalue weighted by molar-refractivity contribution is 7.92. The molecule has 0 radical (unpaired) electrons. The first-order valence-electron chi connectivity index (χ1n) is 13.6. The van der Waals surface area contributed by atoms with Gasteiger partial charge in [-0.05, 0) is 49.4 Å². The number of fused-ring (bicyclic) bond motifs is 1. The van der Waals surface area contributed by atoms with E-state index in [-0.39, 0.29) is 0 Å². The van der Waals surface area contributed by atoms with Crippen LogP contribution in [0.5, 0.6) is 11.5 Å². The molecule has 0 unspecified atom stereocenters. The summed E-state index contributed by atoms with van der Waals surface area (Å²) in [4.78, 5) is 14.0. The van der Waals surface area contributed by atoms with Crippen molar-refractivity contribution in [3.63, 3.8) is 0 Å². The number of ether oxygens (including phenoxy) is 2. The fraction of sp³-hybridized carbons (Fsp3) is 0.379. The number of likely N-dealkylation sites (N-methyl/N-ethyl adjacent to an activating group) is 1. The molecule has 11 nitrogen and oxygen atoms in total. The largest absolute Gasteiger partial charge is 0.486 e. The number of hydrogen-bond donors (Lipinski definition) is 2. The number of aromatic nitrogens is 2. The van der Waals surface area contributed by atoms with Crippen molar-refractivity contribution in [2.75, 3.05) is 79.6 Å². The average Bonchev–Trinajstić information content (AvgIpc) is 2.97. The maximum absolute atomic E-state index is 12.5. The molecule has 218 valence electrons. The molecule has 1 aromatic heterocycles. The third-order valence-corrected chi connectivity index (χ3v) is 8.52. The van der Waals surface area contributed by atoms with E-state index in [9.17, 15) is 8.42 Å². The second kappa shape index (κ2) is 11.8. The SMILES string of the molecule is C=Cc1cnc(Nc2ccc(N3CCN(C)CC3)c(CC)c2)nc1Nc1ccc2c(c1N(C)S(C)(=O)=O)OCCO2. The number of hydrogen-bond acceptors (Lipinski definition) is 10. The van der Waals surface area contributed by atoms with Crippen molar-refractivity contribution in [2.24, 2.45) is 0 Å². The van der Waals surface area contributed by atoms with E-state index in [1.807, 2.05) is 6.07 Å². The Kier molecular flexibility index (Phi) is 8.22. The Morgan fingerprint density at radius 3 is 2.56 bits per heavy atom. The van der Waals surface area contributed by atoms with Crippen molar-refractivity contribution in [1.29, 1.82) is 0 Å². The van der Waals surface area contributed by atoms with Crippen molar-refractivity contribution in [3.05, 3.63) is 54.2 Å². The summed E-state index contributed by atoms with van der Waals surface area (Å²) in [5.74, 6) is 1.69. The van der Waals surface area contributed by atoms with Crippen molar-refractivity contribution >= 4 is 50.6 Å². The minimum atomic E-state index is -3.60. The second-order valence-electron chi connectivity index (χ2n) is 10.2. The van der Waals surface area contributed by atoms with Crippen molar-refractivity contribution < 1.29 is 17.9 Å². The van der Waals surface area contributed by atoms with Crippen LogP contribution in [0.2, 0.25) is 0 Å². The van der Waals surface area contributed by atoms with Crippen molar-refractivity contribution in [1.82, 2.24) is 14.9 Å². The Balaban J connectivity index is 1.45. The van der Waals surface area contributed by atoms with Crippen LogP contribution in [-0.4, -0.2) is 83.0 Å². The number of anilines is 6. The predicted molar refractivity (Wildman–Crippen MR) is 165 cm³/mol. The first kappa shape index (κ1) is 28.5. The molecule has 1 saturated heterocycles. The first-order chi connectivity index (χ1) is 19.7. The van der Waals surface area contributed by atoms with Gasteiger partial charge in [0, 0.05) is 56.4 Å². The monoisotopic (exact) mass is 579 g/mol. The van der Waals surface area contributed by atoms with Gasteiger partial charge in [-0.2, -0.15) is 4.98 Å². The van der Waals surface area contributed by atoms with Gasteiger partial charge in [-0.1, -0.05) is 19.6 Å². The molecule has 5 rings (SSSR count). The zero-order valence-corrected chi connectivity index (χ0v) is 24.8. The molecule has 2 aliphatic rings. The Labute approximate surface area is 241 Å². The van der Waals surface area contributed by atoms with Gasteiger partial charge in [0.2, 0.25) is 16.0 Å². The van der Waals surface area contributed by atoms with Gasteiger partial charge >= 0.3 is 0 Å². The van der Waals surface area contributed by atoms with Crippen LogP contribution in [0.1, 0.15) is 18.1 Å². The summed E-state index contributed by atoms with van der Waals surface area (Å²) < 4.78 is 37.8. The quantitative estimate of drug-likeness (QED) is 0.384. The molecule has 2 aromatic carbocycles. The van der Waals surface area contributed by atoms with Crippen LogP contribution < -0.4 is 29.3 Å². The fourth-order valence-corrected chi connectivity index (χ4v) is 5.45. The molecule has 2 aliphatic heterocycles. The second-order valence-corrected chi connectivity index (χ2v) is 12.2. The standard InChI is InChI=1S/C29H37N7O4S/c1-6-20-18-22(8-10-24(20)36-14-12-34(3)13-15-36)31-29-30-19-21(7-2)28(33-29)32-23-9-11-25-27(40-17-16-39-25)26(23)35(4)41(5,37)38/h7-11,18-19H,2,6,12-17H2,1,3-5H3,(H2,30,31,32,33). The van der Waals surface area contributed by atoms with Gasteiger partial charge in [-0.15, -0.1) is 0 Å². The molecule has 41 heavy (non-hydrogen) atoms. The molecule has 1 fully saturated rings. The molecule has 0 atom stereocenters. The van der Waals surface area contributed by atoms with Crippen LogP contribution in [-0.2, 0) is 16.4 Å². The van der Waals surface area contributed by atoms with Crippen molar-refractivity contribution in [3.8, 4) is 11.5 Å². The van der Waals surface area contributed by atoms with E-state index >= 15 is 0 Å². The molecule has 0 amide bonds. The molecule has 0 bridgehead atoms. The van der Waals surface area contributed by atoms with Crippen LogP contribution in [0.4, 0.5) is 34.5 Å². The summed E-state index contributed by atoms with van der Waals surface area (Å²) in [5, 5.41) is 6.62. The smallest absolute Gasteiger partial charge is 0.232 e. The van der Waals surface area contributed by atoms with Crippen molar-refractivity contribution in [2.45, 2.75) is 13.3 Å². The summed E-state index contributed by atoms with van der Waals surface area (Å²) in [7, 11) is 0.0327. The maximum atomic E-state index is 12.5. The van der Waals surface area contributed by atoms with Crippen LogP contribution in [0, 0.1) is 0 Å². The summed E-state index contributed by atoms with van der Waals surface area (Å²) in [6, 6.07) is 9.85. The minimum Gasteiger partial charge on any atom is -0.486 e. The number of rotatable bonds is 9.